The lowest BCUT2D eigenvalue weighted by Gasteiger charge is -2.07. The Morgan fingerprint density at radius 2 is 2.20 bits per heavy atom. The Balaban J connectivity index is 1.75. The summed E-state index contributed by atoms with van der Waals surface area (Å²) in [7, 11) is 1.69. The van der Waals surface area contributed by atoms with Crippen molar-refractivity contribution >= 4 is 0 Å². The fourth-order valence-corrected chi connectivity index (χ4v) is 1.47. The second-order valence-electron chi connectivity index (χ2n) is 3.59. The molecule has 0 aliphatic carbocycles. The quantitative estimate of drug-likeness (QED) is 0.526. The van der Waals surface area contributed by atoms with Crippen LogP contribution in [0.15, 0.2) is 24.3 Å². The number of rotatable bonds is 6. The van der Waals surface area contributed by atoms with E-state index in [0.717, 1.165) is 32.0 Å². The largest absolute Gasteiger partial charge is 0.496 e. The average Bonchev–Trinajstić information content (AvgIpc) is 3.09. The van der Waals surface area contributed by atoms with E-state index in [0.29, 0.717) is 6.10 Å². The molecule has 1 aliphatic heterocycles. The van der Waals surface area contributed by atoms with Crippen LogP contribution >= 0.6 is 0 Å². The van der Waals surface area contributed by atoms with E-state index in [2.05, 4.69) is 6.07 Å². The van der Waals surface area contributed by atoms with Gasteiger partial charge in [0.05, 0.1) is 26.9 Å². The molecule has 0 saturated carbocycles. The highest BCUT2D eigenvalue weighted by atomic mass is 16.6. The molecule has 1 aliphatic rings. The van der Waals surface area contributed by atoms with E-state index in [1.165, 1.54) is 5.56 Å². The van der Waals surface area contributed by atoms with Crippen molar-refractivity contribution in [1.29, 1.82) is 0 Å². The molecule has 0 spiro atoms. The van der Waals surface area contributed by atoms with Crippen molar-refractivity contribution in [3.63, 3.8) is 0 Å². The highest BCUT2D eigenvalue weighted by Crippen LogP contribution is 2.17. The Labute approximate surface area is 90.0 Å². The summed E-state index contributed by atoms with van der Waals surface area (Å²) in [5.74, 6) is 0.934. The highest BCUT2D eigenvalue weighted by molar-refractivity contribution is 5.33. The van der Waals surface area contributed by atoms with Gasteiger partial charge in [0.25, 0.3) is 0 Å². The molecule has 3 nitrogen and oxygen atoms in total. The monoisotopic (exact) mass is 208 g/mol. The second kappa shape index (κ2) is 5.14. The van der Waals surface area contributed by atoms with Gasteiger partial charge >= 0.3 is 0 Å². The minimum absolute atomic E-state index is 0.350. The Kier molecular flexibility index (Phi) is 3.59. The molecule has 1 fully saturated rings. The third-order valence-electron chi connectivity index (χ3n) is 2.41. The van der Waals surface area contributed by atoms with E-state index < -0.39 is 0 Å². The van der Waals surface area contributed by atoms with Crippen molar-refractivity contribution in [2.45, 2.75) is 12.5 Å². The minimum Gasteiger partial charge on any atom is -0.496 e. The van der Waals surface area contributed by atoms with E-state index in [1.54, 1.807) is 7.11 Å². The summed E-state index contributed by atoms with van der Waals surface area (Å²) in [6.45, 7) is 2.30. The van der Waals surface area contributed by atoms with Crippen molar-refractivity contribution in [3.05, 3.63) is 29.8 Å². The van der Waals surface area contributed by atoms with Gasteiger partial charge in [-0.3, -0.25) is 0 Å². The number of methoxy groups -OCH3 is 1. The molecule has 0 bridgehead atoms. The van der Waals surface area contributed by atoms with Crippen molar-refractivity contribution in [2.75, 3.05) is 26.9 Å². The van der Waals surface area contributed by atoms with Crippen molar-refractivity contribution in [1.82, 2.24) is 0 Å². The standard InChI is InChI=1S/C12H16O3/c1-13-12-5-3-2-4-10(12)6-7-14-8-11-9-15-11/h2-5,11H,6-9H2,1H3/t11-/m0/s1. The fourth-order valence-electron chi connectivity index (χ4n) is 1.47. The Morgan fingerprint density at radius 1 is 1.40 bits per heavy atom. The SMILES string of the molecule is COc1ccccc1CCOC[C@H]1CO1. The van der Waals surface area contributed by atoms with Gasteiger partial charge in [-0.1, -0.05) is 18.2 Å². The number of benzene rings is 1. The van der Waals surface area contributed by atoms with Crippen LogP contribution in [-0.4, -0.2) is 33.0 Å². The van der Waals surface area contributed by atoms with Crippen LogP contribution in [0.4, 0.5) is 0 Å². The summed E-state index contributed by atoms with van der Waals surface area (Å²) in [5.41, 5.74) is 1.19. The van der Waals surface area contributed by atoms with Gasteiger partial charge < -0.3 is 14.2 Å². The molecule has 1 aromatic carbocycles. The van der Waals surface area contributed by atoms with Crippen LogP contribution in [0.25, 0.3) is 0 Å². The van der Waals surface area contributed by atoms with E-state index >= 15 is 0 Å². The predicted molar refractivity (Wildman–Crippen MR) is 57.3 cm³/mol. The first-order valence-corrected chi connectivity index (χ1v) is 5.21. The summed E-state index contributed by atoms with van der Waals surface area (Å²) in [6.07, 6.45) is 1.24. The van der Waals surface area contributed by atoms with E-state index in [9.17, 15) is 0 Å². The van der Waals surface area contributed by atoms with Crippen LogP contribution in [0.5, 0.6) is 5.75 Å². The van der Waals surface area contributed by atoms with Gasteiger partial charge in [-0.05, 0) is 18.1 Å². The fraction of sp³-hybridized carbons (Fsp3) is 0.500. The molecule has 0 aromatic heterocycles. The maximum Gasteiger partial charge on any atom is 0.122 e. The average molecular weight is 208 g/mol. The predicted octanol–water partition coefficient (Wildman–Crippen LogP) is 1.65. The lowest BCUT2D eigenvalue weighted by molar-refractivity contribution is 0.119. The zero-order valence-electron chi connectivity index (χ0n) is 8.94. The van der Waals surface area contributed by atoms with E-state index in [-0.39, 0.29) is 0 Å². The third kappa shape index (κ3) is 3.22. The maximum absolute atomic E-state index is 5.48. The Morgan fingerprint density at radius 3 is 2.93 bits per heavy atom. The molecule has 1 heterocycles. The summed E-state index contributed by atoms with van der Waals surface area (Å²) in [6, 6.07) is 8.03. The maximum atomic E-state index is 5.48. The van der Waals surface area contributed by atoms with Crippen LogP contribution < -0.4 is 4.74 Å². The summed E-state index contributed by atoms with van der Waals surface area (Å²) < 4.78 is 15.8. The minimum atomic E-state index is 0.350. The number of ether oxygens (including phenoxy) is 3. The zero-order valence-corrected chi connectivity index (χ0v) is 8.94. The van der Waals surface area contributed by atoms with Gasteiger partial charge in [-0.2, -0.15) is 0 Å². The molecule has 0 N–H and O–H groups in total. The van der Waals surface area contributed by atoms with Crippen LogP contribution in [0.2, 0.25) is 0 Å². The van der Waals surface area contributed by atoms with Gasteiger partial charge in [0.1, 0.15) is 11.9 Å². The van der Waals surface area contributed by atoms with Crippen LogP contribution in [0.1, 0.15) is 5.56 Å². The Bertz CT molecular complexity index is 307. The smallest absolute Gasteiger partial charge is 0.122 e. The van der Waals surface area contributed by atoms with Gasteiger partial charge in [-0.15, -0.1) is 0 Å². The van der Waals surface area contributed by atoms with Crippen molar-refractivity contribution in [2.24, 2.45) is 0 Å². The van der Waals surface area contributed by atoms with E-state index in [1.807, 2.05) is 18.2 Å². The topological polar surface area (TPSA) is 31.0 Å². The van der Waals surface area contributed by atoms with Crippen LogP contribution in [0, 0.1) is 0 Å². The lowest BCUT2D eigenvalue weighted by Crippen LogP contribution is -2.05. The van der Waals surface area contributed by atoms with Gasteiger partial charge in [0.2, 0.25) is 0 Å². The van der Waals surface area contributed by atoms with Gasteiger partial charge in [-0.25, -0.2) is 0 Å². The molecule has 0 radical (unpaired) electrons. The molecule has 0 amide bonds. The van der Waals surface area contributed by atoms with Gasteiger partial charge in [0.15, 0.2) is 0 Å². The molecular weight excluding hydrogens is 192 g/mol. The second-order valence-corrected chi connectivity index (χ2v) is 3.59. The first kappa shape index (κ1) is 10.5. The normalized spacial score (nSPS) is 18.9. The third-order valence-corrected chi connectivity index (χ3v) is 2.41. The zero-order chi connectivity index (χ0) is 10.5. The van der Waals surface area contributed by atoms with Gasteiger partial charge in [0, 0.05) is 0 Å². The Hall–Kier alpha value is -1.06. The summed E-state index contributed by atoms with van der Waals surface area (Å²) in [4.78, 5) is 0. The first-order chi connectivity index (χ1) is 7.40. The molecule has 3 heteroatoms. The number of epoxide rings is 1. The molecule has 1 aromatic rings. The summed E-state index contributed by atoms with van der Waals surface area (Å²) in [5, 5.41) is 0. The lowest BCUT2D eigenvalue weighted by atomic mass is 10.1. The molecule has 82 valence electrons. The van der Waals surface area contributed by atoms with E-state index in [4.69, 9.17) is 14.2 Å². The first-order valence-electron chi connectivity index (χ1n) is 5.21. The van der Waals surface area contributed by atoms with Crippen molar-refractivity contribution in [3.8, 4) is 5.75 Å². The molecule has 15 heavy (non-hydrogen) atoms. The van der Waals surface area contributed by atoms with Crippen LogP contribution in [-0.2, 0) is 15.9 Å². The number of hydrogen-bond acceptors (Lipinski definition) is 3. The number of hydrogen-bond donors (Lipinski definition) is 0. The molecular formula is C12H16O3. The summed E-state index contributed by atoms with van der Waals surface area (Å²) >= 11 is 0. The van der Waals surface area contributed by atoms with Crippen LogP contribution in [0.3, 0.4) is 0 Å². The molecule has 1 saturated heterocycles. The molecule has 1 atom stereocenters. The number of para-hydroxylation sites is 1. The molecule has 0 unspecified atom stereocenters. The highest BCUT2D eigenvalue weighted by Gasteiger charge is 2.22. The molecule has 2 rings (SSSR count). The van der Waals surface area contributed by atoms with Crippen molar-refractivity contribution < 1.29 is 14.2 Å².